The fourth-order valence-electron chi connectivity index (χ4n) is 3.43. The van der Waals surface area contributed by atoms with Crippen LogP contribution in [0.4, 0.5) is 0 Å². The third-order valence-electron chi connectivity index (χ3n) is 4.86. The van der Waals surface area contributed by atoms with Gasteiger partial charge in [0.1, 0.15) is 0 Å². The van der Waals surface area contributed by atoms with Gasteiger partial charge in [-0.1, -0.05) is 45.0 Å². The Hall–Kier alpha value is -1.94. The topological polar surface area (TPSA) is 38.1 Å². The molecule has 128 valence electrons. The van der Waals surface area contributed by atoms with Crippen LogP contribution >= 0.6 is 0 Å². The lowest BCUT2D eigenvalue weighted by molar-refractivity contribution is 0.185. The van der Waals surface area contributed by atoms with E-state index in [9.17, 15) is 4.79 Å². The summed E-state index contributed by atoms with van der Waals surface area (Å²) in [5, 5.41) is 4.62. The molecular weight excluding hydrogens is 298 g/mol. The van der Waals surface area contributed by atoms with Crippen LogP contribution in [0.2, 0.25) is 0 Å². The van der Waals surface area contributed by atoms with Gasteiger partial charge in [0.15, 0.2) is 0 Å². The van der Waals surface area contributed by atoms with Gasteiger partial charge in [0.2, 0.25) is 0 Å². The monoisotopic (exact) mass is 325 g/mol. The van der Waals surface area contributed by atoms with Crippen molar-refractivity contribution in [2.45, 2.75) is 58.7 Å². The van der Waals surface area contributed by atoms with Crippen LogP contribution in [0.15, 0.2) is 41.2 Å². The fourth-order valence-corrected chi connectivity index (χ4v) is 3.43. The van der Waals surface area contributed by atoms with Crippen molar-refractivity contribution in [2.24, 2.45) is 0 Å². The van der Waals surface area contributed by atoms with E-state index in [0.717, 1.165) is 25.1 Å². The molecule has 0 unspecified atom stereocenters. The van der Waals surface area contributed by atoms with Crippen molar-refractivity contribution in [3.63, 3.8) is 0 Å². The van der Waals surface area contributed by atoms with Crippen molar-refractivity contribution in [1.82, 2.24) is 14.7 Å². The van der Waals surface area contributed by atoms with Gasteiger partial charge in [0, 0.05) is 24.1 Å². The lowest BCUT2D eigenvalue weighted by Crippen LogP contribution is -2.35. The molecule has 24 heavy (non-hydrogen) atoms. The first-order valence-electron chi connectivity index (χ1n) is 8.74. The van der Waals surface area contributed by atoms with Crippen molar-refractivity contribution in [3.8, 4) is 0 Å². The van der Waals surface area contributed by atoms with Crippen molar-refractivity contribution >= 4 is 0 Å². The summed E-state index contributed by atoms with van der Waals surface area (Å²) in [7, 11) is 0. The molecule has 0 saturated carbocycles. The highest BCUT2D eigenvalue weighted by atomic mass is 16.1. The van der Waals surface area contributed by atoms with Crippen LogP contribution in [0, 0.1) is 6.92 Å². The average Bonchev–Trinajstić information content (AvgIpc) is 2.97. The third kappa shape index (κ3) is 3.44. The highest BCUT2D eigenvalue weighted by Crippen LogP contribution is 2.33. The SMILES string of the molecule is Cc1ccccc1[C@@H]1CCCN1Cn1nc(C(C)(C)C)ccc1=O. The number of hydrogen-bond acceptors (Lipinski definition) is 3. The van der Waals surface area contributed by atoms with E-state index in [1.165, 1.54) is 11.1 Å². The largest absolute Gasteiger partial charge is 0.277 e. The highest BCUT2D eigenvalue weighted by Gasteiger charge is 2.28. The Morgan fingerprint density at radius 1 is 1.17 bits per heavy atom. The average molecular weight is 325 g/mol. The standard InChI is InChI=1S/C20H27N3O/c1-15-8-5-6-9-16(15)17-10-7-13-22(17)14-23-19(24)12-11-18(21-23)20(2,3)4/h5-6,8-9,11-12,17H,7,10,13-14H2,1-4H3/t17-/m0/s1. The molecule has 1 aromatic heterocycles. The number of aryl methyl sites for hydroxylation is 1. The smallest absolute Gasteiger partial charge is 0.267 e. The number of nitrogens with zero attached hydrogens (tertiary/aromatic N) is 3. The molecule has 1 aliphatic rings. The quantitative estimate of drug-likeness (QED) is 0.864. The van der Waals surface area contributed by atoms with Gasteiger partial charge in [-0.25, -0.2) is 4.68 Å². The van der Waals surface area contributed by atoms with Gasteiger partial charge in [0.05, 0.1) is 12.4 Å². The second kappa shape index (κ2) is 6.52. The molecule has 3 rings (SSSR count). The van der Waals surface area contributed by atoms with Crippen LogP contribution in [0.1, 0.15) is 56.5 Å². The Kier molecular flexibility index (Phi) is 4.59. The Morgan fingerprint density at radius 3 is 2.62 bits per heavy atom. The Labute approximate surface area is 144 Å². The molecule has 1 aromatic carbocycles. The normalized spacial score (nSPS) is 18.9. The first-order chi connectivity index (χ1) is 11.4. The summed E-state index contributed by atoms with van der Waals surface area (Å²) in [4.78, 5) is 14.6. The van der Waals surface area contributed by atoms with Gasteiger partial charge in [-0.05, 0) is 37.0 Å². The van der Waals surface area contributed by atoms with Crippen molar-refractivity contribution < 1.29 is 0 Å². The van der Waals surface area contributed by atoms with E-state index in [2.05, 4.69) is 62.0 Å². The summed E-state index contributed by atoms with van der Waals surface area (Å²) in [5.74, 6) is 0. The van der Waals surface area contributed by atoms with Crippen LogP contribution in [0.3, 0.4) is 0 Å². The minimum Gasteiger partial charge on any atom is -0.277 e. The van der Waals surface area contributed by atoms with E-state index >= 15 is 0 Å². The Morgan fingerprint density at radius 2 is 1.92 bits per heavy atom. The molecule has 1 fully saturated rings. The second-order valence-corrected chi connectivity index (χ2v) is 7.77. The molecular formula is C20H27N3O. The fraction of sp³-hybridized carbons (Fsp3) is 0.500. The number of rotatable bonds is 3. The number of benzene rings is 1. The summed E-state index contributed by atoms with van der Waals surface area (Å²) in [6, 6.07) is 12.4. The molecule has 4 heteroatoms. The summed E-state index contributed by atoms with van der Waals surface area (Å²) in [6.07, 6.45) is 2.30. The first-order valence-corrected chi connectivity index (χ1v) is 8.74. The van der Waals surface area contributed by atoms with E-state index in [1.54, 1.807) is 10.7 Å². The molecule has 0 N–H and O–H groups in total. The Bertz CT molecular complexity index is 773. The van der Waals surface area contributed by atoms with Gasteiger partial charge in [-0.3, -0.25) is 9.69 Å². The highest BCUT2D eigenvalue weighted by molar-refractivity contribution is 5.29. The lowest BCUT2D eigenvalue weighted by atomic mass is 9.92. The van der Waals surface area contributed by atoms with E-state index in [0.29, 0.717) is 12.7 Å². The molecule has 0 aliphatic carbocycles. The molecule has 4 nitrogen and oxygen atoms in total. The molecule has 1 atom stereocenters. The molecule has 1 saturated heterocycles. The maximum Gasteiger partial charge on any atom is 0.267 e. The number of likely N-dealkylation sites (tertiary alicyclic amines) is 1. The third-order valence-corrected chi connectivity index (χ3v) is 4.86. The Balaban J connectivity index is 1.88. The van der Waals surface area contributed by atoms with Crippen molar-refractivity contribution in [1.29, 1.82) is 0 Å². The molecule has 2 heterocycles. The van der Waals surface area contributed by atoms with E-state index in [1.807, 2.05) is 6.07 Å². The van der Waals surface area contributed by atoms with Gasteiger partial charge < -0.3 is 0 Å². The van der Waals surface area contributed by atoms with Crippen LogP contribution in [-0.4, -0.2) is 21.2 Å². The van der Waals surface area contributed by atoms with Crippen LogP contribution < -0.4 is 5.56 Å². The van der Waals surface area contributed by atoms with E-state index in [4.69, 9.17) is 0 Å². The molecule has 0 bridgehead atoms. The summed E-state index contributed by atoms with van der Waals surface area (Å²) in [5.41, 5.74) is 3.55. The van der Waals surface area contributed by atoms with Gasteiger partial charge in [-0.15, -0.1) is 0 Å². The minimum absolute atomic E-state index is 0.0292. The minimum atomic E-state index is -0.0596. The van der Waals surface area contributed by atoms with E-state index in [-0.39, 0.29) is 11.0 Å². The van der Waals surface area contributed by atoms with Crippen LogP contribution in [0.25, 0.3) is 0 Å². The summed E-state index contributed by atoms with van der Waals surface area (Å²) >= 11 is 0. The van der Waals surface area contributed by atoms with Gasteiger partial charge in [-0.2, -0.15) is 5.10 Å². The second-order valence-electron chi connectivity index (χ2n) is 7.77. The molecule has 0 spiro atoms. The van der Waals surface area contributed by atoms with Crippen LogP contribution in [0.5, 0.6) is 0 Å². The predicted octanol–water partition coefficient (Wildman–Crippen LogP) is 3.64. The predicted molar refractivity (Wildman–Crippen MR) is 97.1 cm³/mol. The maximum absolute atomic E-state index is 12.3. The van der Waals surface area contributed by atoms with Gasteiger partial charge in [0.25, 0.3) is 5.56 Å². The number of hydrogen-bond donors (Lipinski definition) is 0. The summed E-state index contributed by atoms with van der Waals surface area (Å²) in [6.45, 7) is 10.1. The summed E-state index contributed by atoms with van der Waals surface area (Å²) < 4.78 is 1.62. The molecule has 2 aromatic rings. The van der Waals surface area contributed by atoms with Crippen molar-refractivity contribution in [3.05, 3.63) is 63.6 Å². The van der Waals surface area contributed by atoms with Gasteiger partial charge >= 0.3 is 0 Å². The first kappa shape index (κ1) is 16.9. The van der Waals surface area contributed by atoms with Crippen LogP contribution in [-0.2, 0) is 12.1 Å². The maximum atomic E-state index is 12.3. The molecule has 0 amide bonds. The molecule has 1 aliphatic heterocycles. The zero-order valence-corrected chi connectivity index (χ0v) is 15.1. The zero-order valence-electron chi connectivity index (χ0n) is 15.1. The number of aromatic nitrogens is 2. The van der Waals surface area contributed by atoms with Crippen molar-refractivity contribution in [2.75, 3.05) is 6.54 Å². The zero-order chi connectivity index (χ0) is 17.3. The lowest BCUT2D eigenvalue weighted by Gasteiger charge is -2.27. The molecule has 0 radical (unpaired) electrons. The van der Waals surface area contributed by atoms with E-state index < -0.39 is 0 Å².